The molecule has 2 spiro atoms. The number of Topliss-reactive ketones (excluding diaryl/α,β-unsaturated/α-hetero) is 1. The van der Waals surface area contributed by atoms with Gasteiger partial charge in [-0.05, 0) is 99.6 Å². The number of hydrogen-bond acceptors (Lipinski definition) is 6. The van der Waals surface area contributed by atoms with Crippen LogP contribution in [0.2, 0.25) is 5.02 Å². The number of alkyl halides is 3. The van der Waals surface area contributed by atoms with Crippen LogP contribution in [0, 0.1) is 33.5 Å². The topological polar surface area (TPSA) is 94.1 Å². The zero-order valence-corrected chi connectivity index (χ0v) is 27.8. The molecule has 0 aliphatic heterocycles. The van der Waals surface area contributed by atoms with E-state index in [9.17, 15) is 33.3 Å². The molecule has 10 heteroatoms. The van der Waals surface area contributed by atoms with E-state index in [-0.39, 0.29) is 51.7 Å². The summed E-state index contributed by atoms with van der Waals surface area (Å²) < 4.78 is 46.7. The molecule has 8 atom stereocenters. The van der Waals surface area contributed by atoms with Crippen molar-refractivity contribution < 1.29 is 37.7 Å². The number of likely N-dealkylation sites (N-methyl/N-ethyl adjacent to an activating group) is 1. The van der Waals surface area contributed by atoms with Gasteiger partial charge in [0.25, 0.3) is 0 Å². The zero-order chi connectivity index (χ0) is 33.8. The predicted octanol–water partition coefficient (Wildman–Crippen LogP) is 7.32. The monoisotopic (exact) mass is 673 g/mol. The normalized spacial score (nSPS) is 39.0. The number of hydrogen-bond donors (Lipinski definition) is 3. The van der Waals surface area contributed by atoms with Crippen molar-refractivity contribution in [2.45, 2.75) is 76.7 Å². The van der Waals surface area contributed by atoms with Gasteiger partial charge >= 0.3 is 6.18 Å². The Morgan fingerprint density at radius 1 is 1.04 bits per heavy atom. The molecule has 6 aliphatic rings. The summed E-state index contributed by atoms with van der Waals surface area (Å²) in [6, 6.07) is 6.02. The third kappa shape index (κ3) is 4.55. The van der Waals surface area contributed by atoms with Gasteiger partial charge in [0.05, 0.1) is 28.9 Å². The fraction of sp³-hybridized carbons (Fsp3) is 0.595. The molecule has 1 aromatic carbocycles. The first-order chi connectivity index (χ1) is 22.0. The standard InChI is InChI=1S/C37H43ClF3NO5/c1-32-11-8-23(44)19-34(32)14-15-36(29(32)9-12-33(2)30(36)10-13-35(33,46)21-42(3)16-17-43)25(20-34)31(45)28-7-6-27(47-28)24-18-22(37(39,40)41)4-5-26(24)38/h4-7,14-15,18,20,23,29-30,43-44,46H,8-13,16-17,19,21H2,1-3H3/t23?,29-,30-,32-,33+,34+,35-,36-/m1/s1. The molecule has 47 heavy (non-hydrogen) atoms. The van der Waals surface area contributed by atoms with E-state index in [0.29, 0.717) is 44.3 Å². The number of furan rings is 1. The quantitative estimate of drug-likeness (QED) is 0.211. The Kier molecular flexibility index (Phi) is 7.59. The Balaban J connectivity index is 1.34. The van der Waals surface area contributed by atoms with Crippen molar-refractivity contribution in [1.29, 1.82) is 0 Å². The highest BCUT2D eigenvalue weighted by Crippen LogP contribution is 2.78. The molecule has 6 nitrogen and oxygen atoms in total. The second kappa shape index (κ2) is 10.8. The van der Waals surface area contributed by atoms with Crippen molar-refractivity contribution in [2.24, 2.45) is 33.5 Å². The molecule has 1 unspecified atom stereocenters. The third-order valence-corrected chi connectivity index (χ3v) is 13.7. The van der Waals surface area contributed by atoms with Gasteiger partial charge in [-0.1, -0.05) is 43.7 Å². The molecule has 8 rings (SSSR count). The van der Waals surface area contributed by atoms with Crippen LogP contribution in [0.5, 0.6) is 0 Å². The number of nitrogens with zero attached hydrogens (tertiary/aromatic N) is 1. The number of allylic oxidation sites excluding steroid dienone is 4. The molecule has 1 heterocycles. The van der Waals surface area contributed by atoms with E-state index in [4.69, 9.17) is 16.0 Å². The number of rotatable bonds is 7. The van der Waals surface area contributed by atoms with Crippen molar-refractivity contribution in [2.75, 3.05) is 26.7 Å². The van der Waals surface area contributed by atoms with Crippen LogP contribution in [0.1, 0.15) is 74.9 Å². The fourth-order valence-electron chi connectivity index (χ4n) is 10.9. The van der Waals surface area contributed by atoms with Crippen LogP contribution < -0.4 is 0 Å². The van der Waals surface area contributed by atoms with Crippen LogP contribution in [-0.4, -0.2) is 64.5 Å². The summed E-state index contributed by atoms with van der Waals surface area (Å²) in [6.07, 6.45) is 6.30. The van der Waals surface area contributed by atoms with E-state index < -0.39 is 39.7 Å². The Morgan fingerprint density at radius 2 is 1.74 bits per heavy atom. The first-order valence-corrected chi connectivity index (χ1v) is 17.1. The third-order valence-electron chi connectivity index (χ3n) is 13.4. The smallest absolute Gasteiger partial charge is 0.416 e. The Hall–Kier alpha value is -2.43. The Bertz CT molecular complexity index is 1670. The highest BCUT2D eigenvalue weighted by atomic mass is 35.5. The maximum absolute atomic E-state index is 14.8. The number of benzene rings is 1. The van der Waals surface area contributed by atoms with Crippen molar-refractivity contribution in [3.63, 3.8) is 0 Å². The molecular formula is C37H43ClF3NO5. The number of halogens is 4. The van der Waals surface area contributed by atoms with Crippen LogP contribution in [-0.2, 0) is 6.18 Å². The molecule has 3 saturated carbocycles. The zero-order valence-electron chi connectivity index (χ0n) is 27.0. The van der Waals surface area contributed by atoms with Crippen molar-refractivity contribution in [3.8, 4) is 11.3 Å². The summed E-state index contributed by atoms with van der Waals surface area (Å²) >= 11 is 6.33. The average molecular weight is 674 g/mol. The first-order valence-electron chi connectivity index (χ1n) is 16.7. The summed E-state index contributed by atoms with van der Waals surface area (Å²) in [6.45, 7) is 5.30. The molecule has 3 N–H and O–H groups in total. The maximum Gasteiger partial charge on any atom is 0.416 e. The van der Waals surface area contributed by atoms with E-state index >= 15 is 0 Å². The van der Waals surface area contributed by atoms with Crippen LogP contribution in [0.4, 0.5) is 13.2 Å². The number of aliphatic hydroxyl groups is 3. The van der Waals surface area contributed by atoms with Crippen molar-refractivity contribution in [1.82, 2.24) is 4.90 Å². The molecule has 2 aromatic rings. The van der Waals surface area contributed by atoms with Crippen LogP contribution in [0.15, 0.2) is 58.6 Å². The first kappa shape index (κ1) is 33.1. The molecule has 0 amide bonds. The second-order valence-electron chi connectivity index (χ2n) is 15.5. The van der Waals surface area contributed by atoms with Crippen LogP contribution in [0.25, 0.3) is 11.3 Å². The molecule has 0 radical (unpaired) electrons. The van der Waals surface area contributed by atoms with Gasteiger partial charge in [-0.3, -0.25) is 4.79 Å². The van der Waals surface area contributed by atoms with E-state index in [1.165, 1.54) is 18.2 Å². The number of carbonyl (C=O) groups excluding carboxylic acids is 1. The summed E-state index contributed by atoms with van der Waals surface area (Å²) in [4.78, 5) is 16.8. The van der Waals surface area contributed by atoms with Gasteiger partial charge in [0.15, 0.2) is 5.76 Å². The molecule has 3 fully saturated rings. The van der Waals surface area contributed by atoms with Gasteiger partial charge in [0, 0.05) is 40.5 Å². The number of carbonyl (C=O) groups is 1. The van der Waals surface area contributed by atoms with Crippen molar-refractivity contribution in [3.05, 3.63) is 70.5 Å². The Morgan fingerprint density at radius 3 is 2.47 bits per heavy atom. The lowest BCUT2D eigenvalue weighted by Gasteiger charge is -2.71. The van der Waals surface area contributed by atoms with E-state index in [1.807, 2.05) is 11.9 Å². The highest BCUT2D eigenvalue weighted by Gasteiger charge is 2.74. The average Bonchev–Trinajstić information content (AvgIpc) is 3.59. The maximum atomic E-state index is 14.8. The minimum atomic E-state index is -4.57. The van der Waals surface area contributed by atoms with E-state index in [1.54, 1.807) is 0 Å². The van der Waals surface area contributed by atoms with Crippen LogP contribution in [0.3, 0.4) is 0 Å². The summed E-state index contributed by atoms with van der Waals surface area (Å²) in [5, 5.41) is 32.9. The lowest BCUT2D eigenvalue weighted by Crippen LogP contribution is -2.67. The summed E-state index contributed by atoms with van der Waals surface area (Å²) in [5.41, 5.74) is -3.23. The predicted molar refractivity (Wildman–Crippen MR) is 172 cm³/mol. The van der Waals surface area contributed by atoms with E-state index in [0.717, 1.165) is 31.4 Å². The van der Waals surface area contributed by atoms with Gasteiger partial charge in [0.1, 0.15) is 5.76 Å². The van der Waals surface area contributed by atoms with Gasteiger partial charge in [0.2, 0.25) is 5.78 Å². The van der Waals surface area contributed by atoms with Gasteiger partial charge in [-0.2, -0.15) is 13.2 Å². The molecule has 6 aliphatic carbocycles. The molecule has 1 aromatic heterocycles. The highest BCUT2D eigenvalue weighted by molar-refractivity contribution is 6.33. The minimum Gasteiger partial charge on any atom is -0.453 e. The molecule has 0 saturated heterocycles. The number of ketones is 1. The molecule has 254 valence electrons. The van der Waals surface area contributed by atoms with E-state index in [2.05, 4.69) is 32.1 Å². The number of fused-ring (bicyclic) bond motifs is 1. The lowest BCUT2D eigenvalue weighted by atomic mass is 9.32. The van der Waals surface area contributed by atoms with Gasteiger partial charge in [-0.25, -0.2) is 0 Å². The molecular weight excluding hydrogens is 631 g/mol. The van der Waals surface area contributed by atoms with Gasteiger partial charge < -0.3 is 24.6 Å². The SMILES string of the molecule is CN(CCO)C[C@]1(O)CC[C@H]2[C@]34C=C[C@@]5(C=C3C(=O)c3ccc(-c6cc(C(F)(F)F)ccc6Cl)o3)CC(O)CC[C@]5(C)[C@H]4CC[C@@]21C. The van der Waals surface area contributed by atoms with Crippen molar-refractivity contribution >= 4 is 17.4 Å². The molecule has 2 bridgehead atoms. The van der Waals surface area contributed by atoms with Crippen LogP contribution >= 0.6 is 11.6 Å². The Labute approximate surface area is 278 Å². The fourth-order valence-corrected chi connectivity index (χ4v) is 11.1. The minimum absolute atomic E-state index is 0.00794. The summed E-state index contributed by atoms with van der Waals surface area (Å²) in [7, 11) is 1.90. The summed E-state index contributed by atoms with van der Waals surface area (Å²) in [5.74, 6) is -0.220. The van der Waals surface area contributed by atoms with Gasteiger partial charge in [-0.15, -0.1) is 0 Å². The lowest BCUT2D eigenvalue weighted by molar-refractivity contribution is -0.175. The number of aliphatic hydroxyl groups excluding tert-OH is 2. The second-order valence-corrected chi connectivity index (χ2v) is 15.9. The largest absolute Gasteiger partial charge is 0.453 e.